The van der Waals surface area contributed by atoms with Crippen molar-refractivity contribution < 1.29 is 23.5 Å². The Balaban J connectivity index is 1.38. The van der Waals surface area contributed by atoms with Crippen molar-refractivity contribution in [3.05, 3.63) is 81.0 Å². The van der Waals surface area contributed by atoms with Gasteiger partial charge in [-0.1, -0.05) is 23.2 Å². The first-order chi connectivity index (χ1) is 17.3. The van der Waals surface area contributed by atoms with Gasteiger partial charge < -0.3 is 9.15 Å². The van der Waals surface area contributed by atoms with Crippen LogP contribution in [0.25, 0.3) is 0 Å². The highest BCUT2D eigenvalue weighted by atomic mass is 35.5. The number of furan rings is 1. The molecule has 10 nitrogen and oxygen atoms in total. The van der Waals surface area contributed by atoms with Gasteiger partial charge in [0.05, 0.1) is 16.3 Å². The number of halogens is 2. The van der Waals surface area contributed by atoms with Gasteiger partial charge in [0.1, 0.15) is 11.5 Å². The Labute approximate surface area is 216 Å². The Morgan fingerprint density at radius 3 is 2.72 bits per heavy atom. The summed E-state index contributed by atoms with van der Waals surface area (Å²) in [7, 11) is 0. The Kier molecular flexibility index (Phi) is 7.87. The third-order valence-corrected chi connectivity index (χ3v) is 5.85. The summed E-state index contributed by atoms with van der Waals surface area (Å²) in [6.45, 7) is 1.33. The van der Waals surface area contributed by atoms with Gasteiger partial charge in [-0.15, -0.1) is 0 Å². The zero-order valence-corrected chi connectivity index (χ0v) is 20.6. The predicted octanol–water partition coefficient (Wildman–Crippen LogP) is 3.60. The van der Waals surface area contributed by atoms with Gasteiger partial charge in [-0.2, -0.15) is 5.10 Å². The minimum atomic E-state index is -0.640. The number of benzene rings is 1. The van der Waals surface area contributed by atoms with Crippen molar-refractivity contribution in [2.75, 3.05) is 6.61 Å². The molecule has 12 heteroatoms. The number of ether oxygens (including phenoxy) is 1. The molecule has 0 radical (unpaired) electrons. The summed E-state index contributed by atoms with van der Waals surface area (Å²) in [6.07, 6.45) is 4.97. The molecule has 3 N–H and O–H groups in total. The highest BCUT2D eigenvalue weighted by Gasteiger charge is 2.28. The molecular formula is C24H21Cl2N5O5. The lowest BCUT2D eigenvalue weighted by atomic mass is 9.93. The van der Waals surface area contributed by atoms with Crippen molar-refractivity contribution in [2.45, 2.75) is 26.2 Å². The van der Waals surface area contributed by atoms with Gasteiger partial charge in [0.15, 0.2) is 12.4 Å². The van der Waals surface area contributed by atoms with Gasteiger partial charge in [0, 0.05) is 35.0 Å². The summed E-state index contributed by atoms with van der Waals surface area (Å²) in [5.41, 5.74) is 9.31. The molecule has 0 atom stereocenters. The Bertz CT molecular complexity index is 1340. The van der Waals surface area contributed by atoms with Crippen LogP contribution in [0.15, 0.2) is 52.2 Å². The smallest absolute Gasteiger partial charge is 0.305 e. The van der Waals surface area contributed by atoms with Crippen molar-refractivity contribution >= 4 is 46.6 Å². The van der Waals surface area contributed by atoms with E-state index in [1.807, 2.05) is 0 Å². The number of pyridine rings is 1. The number of hydrogen-bond donors (Lipinski definition) is 3. The van der Waals surface area contributed by atoms with Crippen molar-refractivity contribution in [3.8, 4) is 5.75 Å². The molecule has 0 spiro atoms. The van der Waals surface area contributed by atoms with E-state index < -0.39 is 17.7 Å². The van der Waals surface area contributed by atoms with Gasteiger partial charge in [-0.3, -0.25) is 30.2 Å². The monoisotopic (exact) mass is 529 g/mol. The first-order valence-electron chi connectivity index (χ1n) is 10.9. The van der Waals surface area contributed by atoms with E-state index in [0.29, 0.717) is 46.0 Å². The topological polar surface area (TPSA) is 135 Å². The summed E-state index contributed by atoms with van der Waals surface area (Å²) in [4.78, 5) is 41.0. The van der Waals surface area contributed by atoms with Crippen LogP contribution in [-0.4, -0.2) is 35.0 Å². The van der Waals surface area contributed by atoms with Crippen LogP contribution in [0.3, 0.4) is 0 Å². The number of aryl methyl sites for hydroxylation is 1. The lowest BCUT2D eigenvalue weighted by molar-refractivity contribution is -0.123. The molecule has 0 saturated carbocycles. The second-order valence-corrected chi connectivity index (χ2v) is 8.66. The third-order valence-electron chi connectivity index (χ3n) is 5.32. The van der Waals surface area contributed by atoms with E-state index in [1.54, 1.807) is 31.3 Å². The predicted molar refractivity (Wildman–Crippen MR) is 132 cm³/mol. The number of nitrogens with zero attached hydrogens (tertiary/aromatic N) is 2. The lowest BCUT2D eigenvalue weighted by Gasteiger charge is -2.13. The second-order valence-electron chi connectivity index (χ2n) is 7.81. The molecule has 2 heterocycles. The van der Waals surface area contributed by atoms with Crippen LogP contribution in [0.5, 0.6) is 5.75 Å². The molecule has 186 valence electrons. The average Bonchev–Trinajstić information content (AvgIpc) is 3.23. The molecule has 0 unspecified atom stereocenters. The number of carbonyl (C=O) groups is 3. The van der Waals surface area contributed by atoms with Gasteiger partial charge in [0.2, 0.25) is 0 Å². The maximum atomic E-state index is 12.7. The SMILES string of the molecule is Cc1c(C(=O)NNC(=O)COc2ccc(Cl)cc2Cl)oc2c1/C(=N/NC(=O)c1cccnc1)CCC2. The molecule has 0 fully saturated rings. The van der Waals surface area contributed by atoms with Crippen molar-refractivity contribution in [1.29, 1.82) is 0 Å². The summed E-state index contributed by atoms with van der Waals surface area (Å²) in [6, 6.07) is 7.88. The highest BCUT2D eigenvalue weighted by Crippen LogP contribution is 2.30. The van der Waals surface area contributed by atoms with Crippen LogP contribution in [0.1, 0.15) is 50.6 Å². The number of hydrogen-bond acceptors (Lipinski definition) is 7. The fourth-order valence-electron chi connectivity index (χ4n) is 3.63. The molecule has 1 aliphatic carbocycles. The fraction of sp³-hybridized carbons (Fsp3) is 0.208. The summed E-state index contributed by atoms with van der Waals surface area (Å²) in [5.74, 6) is -0.742. The molecule has 3 amide bonds. The zero-order valence-electron chi connectivity index (χ0n) is 19.1. The molecule has 0 aliphatic heterocycles. The number of amides is 3. The zero-order chi connectivity index (χ0) is 25.7. The van der Waals surface area contributed by atoms with Crippen LogP contribution in [0, 0.1) is 6.92 Å². The number of carbonyl (C=O) groups excluding carboxylic acids is 3. The summed E-state index contributed by atoms with van der Waals surface area (Å²) in [5, 5.41) is 4.96. The Morgan fingerprint density at radius 1 is 1.14 bits per heavy atom. The lowest BCUT2D eigenvalue weighted by Crippen LogP contribution is -2.43. The molecule has 0 saturated heterocycles. The van der Waals surface area contributed by atoms with Crippen LogP contribution in [0.2, 0.25) is 10.0 Å². The molecule has 0 bridgehead atoms. The minimum Gasteiger partial charge on any atom is -0.482 e. The highest BCUT2D eigenvalue weighted by molar-refractivity contribution is 6.35. The van der Waals surface area contributed by atoms with Crippen LogP contribution < -0.4 is 21.0 Å². The van der Waals surface area contributed by atoms with E-state index >= 15 is 0 Å². The van der Waals surface area contributed by atoms with Gasteiger partial charge >= 0.3 is 5.91 Å². The number of aromatic nitrogens is 1. The molecule has 4 rings (SSSR count). The molecular weight excluding hydrogens is 509 g/mol. The molecule has 3 aromatic rings. The number of rotatable bonds is 6. The second kappa shape index (κ2) is 11.2. The summed E-state index contributed by atoms with van der Waals surface area (Å²) >= 11 is 11.8. The summed E-state index contributed by atoms with van der Waals surface area (Å²) < 4.78 is 11.1. The van der Waals surface area contributed by atoms with Crippen molar-refractivity contribution in [1.82, 2.24) is 21.3 Å². The minimum absolute atomic E-state index is 0.0372. The van der Waals surface area contributed by atoms with E-state index in [0.717, 1.165) is 6.42 Å². The van der Waals surface area contributed by atoms with Crippen LogP contribution in [-0.2, 0) is 11.2 Å². The largest absolute Gasteiger partial charge is 0.482 e. The number of hydrazone groups is 1. The fourth-order valence-corrected chi connectivity index (χ4v) is 4.09. The average molecular weight is 530 g/mol. The van der Waals surface area contributed by atoms with E-state index in [9.17, 15) is 14.4 Å². The number of fused-ring (bicyclic) bond motifs is 1. The Morgan fingerprint density at radius 2 is 1.97 bits per heavy atom. The number of hydrazine groups is 1. The first kappa shape index (κ1) is 25.2. The standard InChI is InChI=1S/C24H21Cl2N5O5/c1-13-21-17(28-30-23(33)14-4-3-9-27-11-14)5-2-6-19(21)36-22(13)24(34)31-29-20(32)12-35-18-8-7-15(25)10-16(18)26/h3-4,7-11H,2,5-6,12H2,1H3,(H,29,32)(H,30,33)(H,31,34)/b28-17+. The maximum Gasteiger partial charge on any atom is 0.305 e. The molecule has 1 aliphatic rings. The van der Waals surface area contributed by atoms with Gasteiger partial charge in [-0.25, -0.2) is 5.43 Å². The third kappa shape index (κ3) is 5.84. The molecule has 1 aromatic carbocycles. The van der Waals surface area contributed by atoms with Gasteiger partial charge in [-0.05, 0) is 50.1 Å². The van der Waals surface area contributed by atoms with Crippen molar-refractivity contribution in [3.63, 3.8) is 0 Å². The molecule has 2 aromatic heterocycles. The molecule has 36 heavy (non-hydrogen) atoms. The van der Waals surface area contributed by atoms with E-state index in [-0.39, 0.29) is 23.1 Å². The van der Waals surface area contributed by atoms with Gasteiger partial charge in [0.25, 0.3) is 11.8 Å². The first-order valence-corrected chi connectivity index (χ1v) is 11.7. The van der Waals surface area contributed by atoms with E-state index in [1.165, 1.54) is 18.3 Å². The Hall–Kier alpha value is -3.89. The maximum absolute atomic E-state index is 12.7. The quantitative estimate of drug-likeness (QED) is 0.417. The number of nitrogens with one attached hydrogen (secondary N) is 3. The van der Waals surface area contributed by atoms with E-state index in [2.05, 4.69) is 26.4 Å². The van der Waals surface area contributed by atoms with E-state index in [4.69, 9.17) is 32.4 Å². The van der Waals surface area contributed by atoms with Crippen LogP contribution in [0.4, 0.5) is 0 Å². The van der Waals surface area contributed by atoms with Crippen molar-refractivity contribution in [2.24, 2.45) is 5.10 Å². The normalized spacial score (nSPS) is 13.6. The van der Waals surface area contributed by atoms with Crippen LogP contribution >= 0.6 is 23.2 Å².